The summed E-state index contributed by atoms with van der Waals surface area (Å²) in [6, 6.07) is 11.6. The Morgan fingerprint density at radius 1 is 1.04 bits per heavy atom. The Hall–Kier alpha value is -2.08. The standard InChI is InChI=1S/C19H17Cl2NO4/c20-15-4-2-1-3-14(15)19(7-9-26-10-8-19)18(25)22-12-5-6-13(17(23)24)16(21)11-12/h1-6,11H,7-10H2,(H,22,25)(H,23,24). The maximum absolute atomic E-state index is 13.2. The van der Waals surface area contributed by atoms with E-state index in [1.54, 1.807) is 6.07 Å². The van der Waals surface area contributed by atoms with Gasteiger partial charge in [0.25, 0.3) is 0 Å². The molecule has 0 atom stereocenters. The number of benzene rings is 2. The molecule has 7 heteroatoms. The van der Waals surface area contributed by atoms with Crippen molar-refractivity contribution in [2.45, 2.75) is 18.3 Å². The predicted octanol–water partition coefficient (Wildman–Crippen LogP) is 4.38. The second-order valence-corrected chi connectivity index (χ2v) is 6.94. The molecule has 5 nitrogen and oxygen atoms in total. The number of carbonyl (C=O) groups excluding carboxylic acids is 1. The highest BCUT2D eigenvalue weighted by Crippen LogP contribution is 2.39. The minimum atomic E-state index is -1.12. The zero-order valence-corrected chi connectivity index (χ0v) is 15.3. The van der Waals surface area contributed by atoms with E-state index in [1.807, 2.05) is 18.2 Å². The van der Waals surface area contributed by atoms with Crippen LogP contribution in [-0.2, 0) is 14.9 Å². The number of anilines is 1. The summed E-state index contributed by atoms with van der Waals surface area (Å²) in [7, 11) is 0. The molecule has 0 aromatic heterocycles. The van der Waals surface area contributed by atoms with Crippen LogP contribution < -0.4 is 5.32 Å². The molecule has 0 bridgehead atoms. The number of amides is 1. The number of carboxylic acid groups (broad SMARTS) is 1. The summed E-state index contributed by atoms with van der Waals surface area (Å²) in [6.45, 7) is 0.911. The Morgan fingerprint density at radius 3 is 2.35 bits per heavy atom. The number of carbonyl (C=O) groups is 2. The molecule has 2 N–H and O–H groups in total. The molecule has 0 radical (unpaired) electrons. The lowest BCUT2D eigenvalue weighted by Gasteiger charge is -2.36. The van der Waals surface area contributed by atoms with Crippen molar-refractivity contribution in [1.29, 1.82) is 0 Å². The molecule has 1 fully saturated rings. The molecule has 0 aliphatic carbocycles. The molecule has 0 spiro atoms. The average molecular weight is 394 g/mol. The Kier molecular flexibility index (Phi) is 5.51. The van der Waals surface area contributed by atoms with E-state index in [1.165, 1.54) is 18.2 Å². The van der Waals surface area contributed by atoms with E-state index in [4.69, 9.17) is 33.0 Å². The lowest BCUT2D eigenvalue weighted by atomic mass is 9.73. The summed E-state index contributed by atoms with van der Waals surface area (Å²) in [4.78, 5) is 24.3. The van der Waals surface area contributed by atoms with Crippen LogP contribution in [-0.4, -0.2) is 30.2 Å². The molecular weight excluding hydrogens is 377 g/mol. The number of hydrogen-bond acceptors (Lipinski definition) is 3. The van der Waals surface area contributed by atoms with Crippen LogP contribution in [0, 0.1) is 0 Å². The number of nitrogens with one attached hydrogen (secondary N) is 1. The molecule has 1 heterocycles. The second-order valence-electron chi connectivity index (χ2n) is 6.13. The van der Waals surface area contributed by atoms with Gasteiger partial charge in [-0.15, -0.1) is 0 Å². The Balaban J connectivity index is 1.93. The fourth-order valence-corrected chi connectivity index (χ4v) is 3.78. The van der Waals surface area contributed by atoms with Crippen molar-refractivity contribution in [3.8, 4) is 0 Å². The van der Waals surface area contributed by atoms with Crippen molar-refractivity contribution < 1.29 is 19.4 Å². The first-order chi connectivity index (χ1) is 12.4. The molecule has 1 aliphatic heterocycles. The lowest BCUT2D eigenvalue weighted by Crippen LogP contribution is -2.45. The van der Waals surface area contributed by atoms with Gasteiger partial charge in [0, 0.05) is 23.9 Å². The topological polar surface area (TPSA) is 75.6 Å². The lowest BCUT2D eigenvalue weighted by molar-refractivity contribution is -0.125. The molecule has 3 rings (SSSR count). The molecule has 1 aliphatic rings. The molecule has 136 valence electrons. The SMILES string of the molecule is O=C(O)c1ccc(NC(=O)C2(c3ccccc3Cl)CCOCC2)cc1Cl. The highest BCUT2D eigenvalue weighted by molar-refractivity contribution is 6.34. The fraction of sp³-hybridized carbons (Fsp3) is 0.263. The van der Waals surface area contributed by atoms with Gasteiger partial charge in [0.05, 0.1) is 16.0 Å². The monoisotopic (exact) mass is 393 g/mol. The van der Waals surface area contributed by atoms with E-state index in [0.29, 0.717) is 36.8 Å². The molecule has 1 saturated heterocycles. The van der Waals surface area contributed by atoms with E-state index in [2.05, 4.69) is 5.32 Å². The van der Waals surface area contributed by atoms with Gasteiger partial charge in [-0.2, -0.15) is 0 Å². The number of carboxylic acids is 1. The van der Waals surface area contributed by atoms with Crippen molar-refractivity contribution in [2.75, 3.05) is 18.5 Å². The van der Waals surface area contributed by atoms with Crippen molar-refractivity contribution in [2.24, 2.45) is 0 Å². The average Bonchev–Trinajstić information content (AvgIpc) is 2.62. The van der Waals surface area contributed by atoms with Gasteiger partial charge in [-0.3, -0.25) is 4.79 Å². The zero-order chi connectivity index (χ0) is 18.7. The van der Waals surface area contributed by atoms with E-state index in [0.717, 1.165) is 5.56 Å². The van der Waals surface area contributed by atoms with Gasteiger partial charge in [-0.05, 0) is 42.7 Å². The smallest absolute Gasteiger partial charge is 0.337 e. The van der Waals surface area contributed by atoms with Crippen LogP contribution in [0.4, 0.5) is 5.69 Å². The van der Waals surface area contributed by atoms with Crippen molar-refractivity contribution >= 4 is 40.8 Å². The normalized spacial score (nSPS) is 16.1. The van der Waals surface area contributed by atoms with Crippen LogP contribution in [0.25, 0.3) is 0 Å². The van der Waals surface area contributed by atoms with Gasteiger partial charge in [0.15, 0.2) is 0 Å². The first kappa shape index (κ1) is 18.7. The third-order valence-electron chi connectivity index (χ3n) is 4.63. The first-order valence-corrected chi connectivity index (χ1v) is 8.87. The van der Waals surface area contributed by atoms with Crippen LogP contribution >= 0.6 is 23.2 Å². The highest BCUT2D eigenvalue weighted by Gasteiger charge is 2.43. The first-order valence-electron chi connectivity index (χ1n) is 8.11. The molecule has 2 aromatic carbocycles. The van der Waals surface area contributed by atoms with Crippen molar-refractivity contribution in [3.63, 3.8) is 0 Å². The van der Waals surface area contributed by atoms with E-state index < -0.39 is 11.4 Å². The maximum atomic E-state index is 13.2. The van der Waals surface area contributed by atoms with Gasteiger partial charge in [0.1, 0.15) is 0 Å². The zero-order valence-electron chi connectivity index (χ0n) is 13.8. The van der Waals surface area contributed by atoms with Crippen LogP contribution in [0.2, 0.25) is 10.0 Å². The quantitative estimate of drug-likeness (QED) is 0.807. The third-order valence-corrected chi connectivity index (χ3v) is 5.27. The van der Waals surface area contributed by atoms with Crippen molar-refractivity contribution in [1.82, 2.24) is 0 Å². The van der Waals surface area contributed by atoms with Crippen LogP contribution in [0.1, 0.15) is 28.8 Å². The number of halogens is 2. The predicted molar refractivity (Wildman–Crippen MR) is 100 cm³/mol. The molecule has 0 saturated carbocycles. The number of hydrogen-bond donors (Lipinski definition) is 2. The summed E-state index contributed by atoms with van der Waals surface area (Å²) in [5.74, 6) is -1.34. The molecule has 26 heavy (non-hydrogen) atoms. The third kappa shape index (κ3) is 3.56. The van der Waals surface area contributed by atoms with Gasteiger partial charge in [0.2, 0.25) is 5.91 Å². The molecule has 2 aromatic rings. The van der Waals surface area contributed by atoms with Crippen LogP contribution in [0.5, 0.6) is 0 Å². The number of rotatable bonds is 4. The van der Waals surface area contributed by atoms with Gasteiger partial charge >= 0.3 is 5.97 Å². The number of ether oxygens (including phenoxy) is 1. The van der Waals surface area contributed by atoms with E-state index >= 15 is 0 Å². The Morgan fingerprint density at radius 2 is 1.73 bits per heavy atom. The molecule has 0 unspecified atom stereocenters. The summed E-state index contributed by atoms with van der Waals surface area (Å²) >= 11 is 12.4. The largest absolute Gasteiger partial charge is 0.478 e. The Labute approximate surface area is 160 Å². The van der Waals surface area contributed by atoms with E-state index in [-0.39, 0.29) is 16.5 Å². The summed E-state index contributed by atoms with van der Waals surface area (Å²) in [5, 5.41) is 12.5. The number of aromatic carboxylic acids is 1. The van der Waals surface area contributed by atoms with Gasteiger partial charge < -0.3 is 15.2 Å². The minimum absolute atomic E-state index is 0.0171. The minimum Gasteiger partial charge on any atom is -0.478 e. The van der Waals surface area contributed by atoms with Crippen LogP contribution in [0.3, 0.4) is 0 Å². The van der Waals surface area contributed by atoms with Crippen LogP contribution in [0.15, 0.2) is 42.5 Å². The molecule has 1 amide bonds. The Bertz CT molecular complexity index is 847. The summed E-state index contributed by atoms with van der Waals surface area (Å²) in [5.41, 5.74) is 0.365. The summed E-state index contributed by atoms with van der Waals surface area (Å²) < 4.78 is 5.44. The van der Waals surface area contributed by atoms with Gasteiger partial charge in [-0.25, -0.2) is 4.79 Å². The maximum Gasteiger partial charge on any atom is 0.337 e. The van der Waals surface area contributed by atoms with Gasteiger partial charge in [-0.1, -0.05) is 41.4 Å². The second kappa shape index (κ2) is 7.66. The van der Waals surface area contributed by atoms with Crippen molar-refractivity contribution in [3.05, 3.63) is 63.6 Å². The fourth-order valence-electron chi connectivity index (χ4n) is 3.20. The summed E-state index contributed by atoms with van der Waals surface area (Å²) in [6.07, 6.45) is 1.01. The highest BCUT2D eigenvalue weighted by atomic mass is 35.5. The van der Waals surface area contributed by atoms with E-state index in [9.17, 15) is 9.59 Å². The molecular formula is C19H17Cl2NO4.